The Morgan fingerprint density at radius 2 is 1.85 bits per heavy atom. The summed E-state index contributed by atoms with van der Waals surface area (Å²) in [7, 11) is -0.594. The molecule has 7 heteroatoms. The Morgan fingerprint density at radius 1 is 1.19 bits per heavy atom. The monoisotopic (exact) mass is 377 g/mol. The van der Waals surface area contributed by atoms with Gasteiger partial charge in [0.1, 0.15) is 0 Å². The third kappa shape index (κ3) is 3.26. The van der Waals surface area contributed by atoms with Gasteiger partial charge in [0.05, 0.1) is 23.3 Å². The molecule has 0 saturated carbocycles. The zero-order chi connectivity index (χ0) is 19.1. The Kier molecular flexibility index (Phi) is 5.12. The van der Waals surface area contributed by atoms with Crippen LogP contribution in [0, 0.1) is 0 Å². The molecule has 0 bridgehead atoms. The lowest BCUT2D eigenvalue weighted by molar-refractivity contribution is 0.00578. The van der Waals surface area contributed by atoms with Crippen molar-refractivity contribution in [3.63, 3.8) is 0 Å². The molecule has 0 amide bonds. The van der Waals surface area contributed by atoms with Crippen molar-refractivity contribution in [1.82, 2.24) is 4.57 Å². The third-order valence-electron chi connectivity index (χ3n) is 5.27. The van der Waals surface area contributed by atoms with Gasteiger partial charge >= 0.3 is 13.2 Å². The first-order chi connectivity index (χ1) is 12.2. The summed E-state index contributed by atoms with van der Waals surface area (Å²) in [4.78, 5) is 12.4. The molecule has 140 valence electrons. The predicted octanol–water partition coefficient (Wildman–Crippen LogP) is 4.38. The third-order valence-corrected chi connectivity index (χ3v) is 5.60. The lowest BCUT2D eigenvalue weighted by Crippen LogP contribution is -2.41. The van der Waals surface area contributed by atoms with E-state index in [0.717, 1.165) is 29.2 Å². The molecular weight excluding hydrogens is 352 g/mol. The number of nitrogens with zero attached hydrogens (tertiary/aromatic N) is 1. The molecule has 0 spiro atoms. The van der Waals surface area contributed by atoms with E-state index in [9.17, 15) is 4.79 Å². The first-order valence-electron chi connectivity index (χ1n) is 9.00. The number of carbonyl (C=O) groups excluding carboxylic acids is 1. The van der Waals surface area contributed by atoms with Crippen molar-refractivity contribution in [3.8, 4) is 0 Å². The second-order valence-corrected chi connectivity index (χ2v) is 8.04. The molecular formula is C19H25BClNO4. The summed E-state index contributed by atoms with van der Waals surface area (Å²) in [5.41, 5.74) is 0.527. The highest BCUT2D eigenvalue weighted by Gasteiger charge is 2.52. The van der Waals surface area contributed by atoms with Gasteiger partial charge in [0, 0.05) is 22.1 Å². The zero-order valence-electron chi connectivity index (χ0n) is 16.0. The maximum atomic E-state index is 12.4. The van der Waals surface area contributed by atoms with E-state index in [1.54, 1.807) is 12.3 Å². The first-order valence-corrected chi connectivity index (χ1v) is 9.38. The molecule has 26 heavy (non-hydrogen) atoms. The fourth-order valence-electron chi connectivity index (χ4n) is 2.95. The highest BCUT2D eigenvalue weighted by Crippen LogP contribution is 2.37. The van der Waals surface area contributed by atoms with Gasteiger partial charge in [-0.2, -0.15) is 0 Å². The first kappa shape index (κ1) is 19.3. The maximum absolute atomic E-state index is 12.4. The van der Waals surface area contributed by atoms with E-state index < -0.39 is 24.4 Å². The SMILES string of the molecule is CCCCOC(=O)n1ccc2c(B3OC(C)(C)C(C)(C)O3)c(Cl)ccc21. The van der Waals surface area contributed by atoms with Crippen molar-refractivity contribution >= 4 is 41.2 Å². The molecule has 1 aromatic carbocycles. The van der Waals surface area contributed by atoms with Gasteiger partial charge < -0.3 is 14.0 Å². The quantitative estimate of drug-likeness (QED) is 0.586. The van der Waals surface area contributed by atoms with Crippen LogP contribution in [0.3, 0.4) is 0 Å². The predicted molar refractivity (Wildman–Crippen MR) is 104 cm³/mol. The highest BCUT2D eigenvalue weighted by atomic mass is 35.5. The number of hydrogen-bond acceptors (Lipinski definition) is 4. The smallest absolute Gasteiger partial charge is 0.449 e. The molecule has 5 nitrogen and oxygen atoms in total. The molecule has 1 aromatic heterocycles. The van der Waals surface area contributed by atoms with E-state index in [1.807, 2.05) is 39.8 Å². The molecule has 2 aromatic rings. The largest absolute Gasteiger partial charge is 0.497 e. The van der Waals surface area contributed by atoms with Crippen LogP contribution in [0.1, 0.15) is 47.5 Å². The number of ether oxygens (including phenoxy) is 1. The number of fused-ring (bicyclic) bond motifs is 1. The van der Waals surface area contributed by atoms with Crippen molar-refractivity contribution < 1.29 is 18.8 Å². The standard InChI is InChI=1S/C19H25BClNO4/c1-6-7-12-24-17(23)22-11-10-13-15(22)9-8-14(21)16(13)20-25-18(2,3)19(4,5)26-20/h8-11H,6-7,12H2,1-5H3. The van der Waals surface area contributed by atoms with Crippen molar-refractivity contribution in [3.05, 3.63) is 29.4 Å². The van der Waals surface area contributed by atoms with E-state index in [4.69, 9.17) is 25.6 Å². The summed E-state index contributed by atoms with van der Waals surface area (Å²) >= 11 is 6.48. The van der Waals surface area contributed by atoms with Crippen LogP contribution in [-0.2, 0) is 14.0 Å². The summed E-state index contributed by atoms with van der Waals surface area (Å²) in [6.45, 7) is 10.5. The van der Waals surface area contributed by atoms with E-state index >= 15 is 0 Å². The Bertz CT molecular complexity index is 814. The summed E-state index contributed by atoms with van der Waals surface area (Å²) in [6.07, 6.45) is 3.12. The molecule has 3 rings (SSSR count). The molecule has 1 saturated heterocycles. The van der Waals surface area contributed by atoms with E-state index in [0.29, 0.717) is 11.6 Å². The highest BCUT2D eigenvalue weighted by molar-refractivity contribution is 6.68. The molecule has 0 radical (unpaired) electrons. The van der Waals surface area contributed by atoms with Gasteiger partial charge in [0.2, 0.25) is 0 Å². The van der Waals surface area contributed by atoms with Crippen molar-refractivity contribution in [2.75, 3.05) is 6.61 Å². The minimum atomic E-state index is -0.594. The molecule has 0 aliphatic carbocycles. The molecule has 2 heterocycles. The van der Waals surface area contributed by atoms with Crippen LogP contribution >= 0.6 is 11.6 Å². The number of aromatic nitrogens is 1. The minimum Gasteiger partial charge on any atom is -0.449 e. The van der Waals surface area contributed by atoms with E-state index in [2.05, 4.69) is 6.92 Å². The lowest BCUT2D eigenvalue weighted by atomic mass is 9.77. The number of unbranched alkanes of at least 4 members (excludes halogenated alkanes) is 1. The molecule has 0 unspecified atom stereocenters. The number of benzene rings is 1. The molecule has 0 atom stereocenters. The van der Waals surface area contributed by atoms with Crippen LogP contribution in [0.5, 0.6) is 0 Å². The van der Waals surface area contributed by atoms with Gasteiger partial charge in [-0.3, -0.25) is 4.57 Å². The zero-order valence-corrected chi connectivity index (χ0v) is 16.7. The van der Waals surface area contributed by atoms with Crippen LogP contribution < -0.4 is 5.46 Å². The molecule has 1 aliphatic rings. The van der Waals surface area contributed by atoms with Gasteiger partial charge in [-0.05, 0) is 52.3 Å². The second-order valence-electron chi connectivity index (χ2n) is 7.64. The fourth-order valence-corrected chi connectivity index (χ4v) is 3.20. The minimum absolute atomic E-state index is 0.393. The normalized spacial score (nSPS) is 18.5. The average molecular weight is 378 g/mol. The molecule has 1 aliphatic heterocycles. The van der Waals surface area contributed by atoms with E-state index in [-0.39, 0.29) is 0 Å². The number of carbonyl (C=O) groups is 1. The Morgan fingerprint density at radius 3 is 2.46 bits per heavy atom. The van der Waals surface area contributed by atoms with Crippen LogP contribution in [0.25, 0.3) is 10.9 Å². The van der Waals surface area contributed by atoms with Crippen molar-refractivity contribution in [2.45, 2.75) is 58.7 Å². The summed E-state index contributed by atoms with van der Waals surface area (Å²) in [5.74, 6) is 0. The van der Waals surface area contributed by atoms with Crippen LogP contribution in [-0.4, -0.2) is 35.6 Å². The Labute approximate surface area is 159 Å². The number of rotatable bonds is 4. The molecule has 0 N–H and O–H groups in total. The van der Waals surface area contributed by atoms with Gasteiger partial charge in [-0.15, -0.1) is 0 Å². The van der Waals surface area contributed by atoms with E-state index in [1.165, 1.54) is 4.57 Å². The van der Waals surface area contributed by atoms with Crippen LogP contribution in [0.15, 0.2) is 24.4 Å². The van der Waals surface area contributed by atoms with Crippen LogP contribution in [0.2, 0.25) is 5.02 Å². The van der Waals surface area contributed by atoms with Gasteiger partial charge in [-0.25, -0.2) is 4.79 Å². The summed E-state index contributed by atoms with van der Waals surface area (Å²) < 4.78 is 19.1. The van der Waals surface area contributed by atoms with Crippen molar-refractivity contribution in [2.24, 2.45) is 0 Å². The lowest BCUT2D eigenvalue weighted by Gasteiger charge is -2.32. The second kappa shape index (κ2) is 6.91. The summed E-state index contributed by atoms with van der Waals surface area (Å²) in [5, 5.41) is 1.37. The Balaban J connectivity index is 1.98. The van der Waals surface area contributed by atoms with Gasteiger partial charge in [-0.1, -0.05) is 24.9 Å². The molecule has 1 fully saturated rings. The van der Waals surface area contributed by atoms with Crippen molar-refractivity contribution in [1.29, 1.82) is 0 Å². The number of hydrogen-bond donors (Lipinski definition) is 0. The average Bonchev–Trinajstić information content (AvgIpc) is 3.05. The van der Waals surface area contributed by atoms with Gasteiger partial charge in [0.25, 0.3) is 0 Å². The maximum Gasteiger partial charge on any atom is 0.497 e. The topological polar surface area (TPSA) is 49.7 Å². The van der Waals surface area contributed by atoms with Gasteiger partial charge in [0.15, 0.2) is 0 Å². The summed E-state index contributed by atoms with van der Waals surface area (Å²) in [6, 6.07) is 5.43. The fraction of sp³-hybridized carbons (Fsp3) is 0.526. The van der Waals surface area contributed by atoms with Crippen LogP contribution in [0.4, 0.5) is 4.79 Å². The Hall–Kier alpha value is -1.50. The number of halogens is 1.